The standard InChI is InChI=1S/C36H36Cl2N6O3/c1-44-16-12-27(13-17-44)47-32-9-7-28-34(42-26-6-8-31(30(38)19-26)46-22-24-4-2-3-5-29(24)37)25(20-39)21-41-35(28)36(32)43-33(45)18-23-10-14-40-15-11-23/h2-9,18-19,21,27,40H,10-17,22H2,1H3,(H,41,42)(H,43,45). The van der Waals surface area contributed by atoms with Crippen LogP contribution in [-0.2, 0) is 11.4 Å². The van der Waals surface area contributed by atoms with Gasteiger partial charge in [-0.25, -0.2) is 0 Å². The smallest absolute Gasteiger partial charge is 0.248 e. The molecule has 4 aromatic rings. The maximum absolute atomic E-state index is 13.3. The summed E-state index contributed by atoms with van der Waals surface area (Å²) >= 11 is 12.9. The minimum Gasteiger partial charge on any atom is -0.488 e. The predicted octanol–water partition coefficient (Wildman–Crippen LogP) is 7.46. The van der Waals surface area contributed by atoms with Gasteiger partial charge in [-0.15, -0.1) is 0 Å². The van der Waals surface area contributed by atoms with Gasteiger partial charge in [-0.1, -0.05) is 47.0 Å². The second-order valence-electron chi connectivity index (χ2n) is 11.8. The Kier molecular flexibility index (Phi) is 10.4. The number of likely N-dealkylation sites (tertiary alicyclic amines) is 1. The lowest BCUT2D eigenvalue weighted by atomic mass is 10.0. The summed E-state index contributed by atoms with van der Waals surface area (Å²) in [6, 6.07) is 18.8. The van der Waals surface area contributed by atoms with Gasteiger partial charge in [0, 0.05) is 47.0 Å². The first-order valence-corrected chi connectivity index (χ1v) is 16.5. The molecule has 11 heteroatoms. The number of pyridine rings is 1. The van der Waals surface area contributed by atoms with Crippen molar-refractivity contribution < 1.29 is 14.3 Å². The molecule has 1 amide bonds. The fraction of sp³-hybridized carbons (Fsp3) is 0.306. The van der Waals surface area contributed by atoms with Gasteiger partial charge < -0.3 is 30.3 Å². The summed E-state index contributed by atoms with van der Waals surface area (Å²) in [5.74, 6) is 0.818. The van der Waals surface area contributed by atoms with Gasteiger partial charge in [-0.3, -0.25) is 9.78 Å². The molecule has 2 fully saturated rings. The number of benzene rings is 3. The average Bonchev–Trinajstić information content (AvgIpc) is 3.07. The topological polar surface area (TPSA) is 112 Å². The molecule has 0 atom stereocenters. The van der Waals surface area contributed by atoms with Crippen LogP contribution >= 0.6 is 23.2 Å². The normalized spacial score (nSPS) is 15.6. The van der Waals surface area contributed by atoms with Gasteiger partial charge in [0.1, 0.15) is 36.0 Å². The number of piperidine rings is 2. The molecule has 0 bridgehead atoms. The number of ether oxygens (including phenoxy) is 2. The number of amides is 1. The molecule has 0 saturated carbocycles. The predicted molar refractivity (Wildman–Crippen MR) is 187 cm³/mol. The van der Waals surface area contributed by atoms with Crippen molar-refractivity contribution in [2.75, 3.05) is 43.9 Å². The Labute approximate surface area is 284 Å². The van der Waals surface area contributed by atoms with E-state index in [1.165, 1.54) is 6.20 Å². The summed E-state index contributed by atoms with van der Waals surface area (Å²) in [7, 11) is 2.10. The van der Waals surface area contributed by atoms with E-state index in [-0.39, 0.29) is 18.6 Å². The second kappa shape index (κ2) is 15.1. The lowest BCUT2D eigenvalue weighted by molar-refractivity contribution is -0.112. The molecule has 0 unspecified atom stereocenters. The van der Waals surface area contributed by atoms with Crippen LogP contribution in [0, 0.1) is 11.3 Å². The molecule has 3 aromatic carbocycles. The number of anilines is 3. The van der Waals surface area contributed by atoms with E-state index in [0.717, 1.165) is 63.0 Å². The third-order valence-electron chi connectivity index (χ3n) is 8.45. The molecule has 0 aliphatic carbocycles. The molecule has 6 rings (SSSR count). The summed E-state index contributed by atoms with van der Waals surface area (Å²) in [6.45, 7) is 3.84. The highest BCUT2D eigenvalue weighted by atomic mass is 35.5. The molecule has 47 heavy (non-hydrogen) atoms. The average molecular weight is 672 g/mol. The largest absolute Gasteiger partial charge is 0.488 e. The summed E-state index contributed by atoms with van der Waals surface area (Å²) < 4.78 is 12.4. The van der Waals surface area contributed by atoms with Crippen molar-refractivity contribution >= 4 is 57.1 Å². The van der Waals surface area contributed by atoms with Crippen LogP contribution in [0.25, 0.3) is 10.9 Å². The molecule has 2 aliphatic rings. The van der Waals surface area contributed by atoms with E-state index in [1.807, 2.05) is 42.5 Å². The first kappa shape index (κ1) is 32.6. The Morgan fingerprint density at radius 1 is 1.06 bits per heavy atom. The summed E-state index contributed by atoms with van der Waals surface area (Å²) in [4.78, 5) is 20.3. The number of nitriles is 1. The number of nitrogens with one attached hydrogen (secondary N) is 3. The highest BCUT2D eigenvalue weighted by Crippen LogP contribution is 2.40. The maximum Gasteiger partial charge on any atom is 0.248 e. The summed E-state index contributed by atoms with van der Waals surface area (Å²) in [5, 5.41) is 21.5. The Balaban J connectivity index is 1.31. The van der Waals surface area contributed by atoms with E-state index < -0.39 is 0 Å². The minimum absolute atomic E-state index is 0.0128. The number of carbonyl (C=O) groups is 1. The zero-order valence-corrected chi connectivity index (χ0v) is 27.6. The number of halogens is 2. The number of fused-ring (bicyclic) bond motifs is 1. The number of hydrogen-bond donors (Lipinski definition) is 3. The molecule has 3 N–H and O–H groups in total. The van der Waals surface area contributed by atoms with Gasteiger partial charge in [-0.05, 0) is 82.2 Å². The Morgan fingerprint density at radius 2 is 1.83 bits per heavy atom. The molecular weight excluding hydrogens is 635 g/mol. The number of nitrogens with zero attached hydrogens (tertiary/aromatic N) is 3. The molecule has 3 heterocycles. The van der Waals surface area contributed by atoms with Crippen LogP contribution < -0.4 is 25.4 Å². The summed E-state index contributed by atoms with van der Waals surface area (Å²) in [6.07, 6.45) is 6.61. The van der Waals surface area contributed by atoms with Crippen LogP contribution in [-0.4, -0.2) is 55.1 Å². The molecule has 2 saturated heterocycles. The van der Waals surface area contributed by atoms with E-state index in [2.05, 4.69) is 39.0 Å². The third-order valence-corrected chi connectivity index (χ3v) is 9.12. The fourth-order valence-corrected chi connectivity index (χ4v) is 6.24. The first-order valence-electron chi connectivity index (χ1n) is 15.7. The number of hydrogen-bond acceptors (Lipinski definition) is 8. The van der Waals surface area contributed by atoms with Crippen LogP contribution in [0.15, 0.2) is 72.4 Å². The Hall–Kier alpha value is -4.33. The Bertz CT molecular complexity index is 1840. The van der Waals surface area contributed by atoms with Crippen molar-refractivity contribution in [2.45, 2.75) is 38.4 Å². The number of carbonyl (C=O) groups excluding carboxylic acids is 1. The van der Waals surface area contributed by atoms with Crippen molar-refractivity contribution in [1.82, 2.24) is 15.2 Å². The minimum atomic E-state index is -0.234. The lowest BCUT2D eigenvalue weighted by Crippen LogP contribution is -2.35. The van der Waals surface area contributed by atoms with Crippen LogP contribution in [0.4, 0.5) is 17.1 Å². The van der Waals surface area contributed by atoms with E-state index in [0.29, 0.717) is 55.1 Å². The van der Waals surface area contributed by atoms with E-state index in [4.69, 9.17) is 32.7 Å². The molecular formula is C36H36Cl2N6O3. The fourth-order valence-electron chi connectivity index (χ4n) is 5.82. The van der Waals surface area contributed by atoms with Gasteiger partial charge in [-0.2, -0.15) is 5.26 Å². The van der Waals surface area contributed by atoms with Crippen LogP contribution in [0.2, 0.25) is 10.0 Å². The molecule has 0 spiro atoms. The molecule has 0 radical (unpaired) electrons. The van der Waals surface area contributed by atoms with Crippen molar-refractivity contribution in [1.29, 1.82) is 5.26 Å². The van der Waals surface area contributed by atoms with Gasteiger partial charge in [0.2, 0.25) is 5.91 Å². The maximum atomic E-state index is 13.3. The molecule has 1 aromatic heterocycles. The number of rotatable bonds is 9. The zero-order chi connectivity index (χ0) is 32.8. The van der Waals surface area contributed by atoms with E-state index in [1.54, 1.807) is 18.2 Å². The van der Waals surface area contributed by atoms with Crippen LogP contribution in [0.3, 0.4) is 0 Å². The zero-order valence-electron chi connectivity index (χ0n) is 26.1. The van der Waals surface area contributed by atoms with Gasteiger partial charge >= 0.3 is 0 Å². The lowest BCUT2D eigenvalue weighted by Gasteiger charge is -2.30. The van der Waals surface area contributed by atoms with Gasteiger partial charge in [0.25, 0.3) is 0 Å². The van der Waals surface area contributed by atoms with E-state index >= 15 is 0 Å². The second-order valence-corrected chi connectivity index (χ2v) is 12.6. The SMILES string of the molecule is CN1CCC(Oc2ccc3c(Nc4ccc(OCc5ccccc5Cl)c(Cl)c4)c(C#N)cnc3c2NC(=O)C=C2CCNCC2)CC1. The summed E-state index contributed by atoms with van der Waals surface area (Å²) in [5.41, 5.74) is 4.46. The van der Waals surface area contributed by atoms with Crippen molar-refractivity contribution in [3.63, 3.8) is 0 Å². The Morgan fingerprint density at radius 3 is 2.57 bits per heavy atom. The van der Waals surface area contributed by atoms with Crippen molar-refractivity contribution in [3.05, 3.63) is 93.6 Å². The quantitative estimate of drug-likeness (QED) is 0.157. The third kappa shape index (κ3) is 7.98. The van der Waals surface area contributed by atoms with Gasteiger partial charge in [0.15, 0.2) is 0 Å². The van der Waals surface area contributed by atoms with E-state index in [9.17, 15) is 10.1 Å². The highest BCUT2D eigenvalue weighted by molar-refractivity contribution is 6.32. The first-order chi connectivity index (χ1) is 22.9. The molecule has 9 nitrogen and oxygen atoms in total. The van der Waals surface area contributed by atoms with Crippen molar-refractivity contribution in [2.24, 2.45) is 0 Å². The molecule has 242 valence electrons. The monoisotopic (exact) mass is 670 g/mol. The van der Waals surface area contributed by atoms with Crippen molar-refractivity contribution in [3.8, 4) is 17.6 Å². The molecule has 2 aliphatic heterocycles. The highest BCUT2D eigenvalue weighted by Gasteiger charge is 2.23. The van der Waals surface area contributed by atoms with Crippen LogP contribution in [0.1, 0.15) is 36.8 Å². The number of aromatic nitrogens is 1. The van der Waals surface area contributed by atoms with Crippen LogP contribution in [0.5, 0.6) is 11.5 Å². The van der Waals surface area contributed by atoms with Gasteiger partial charge in [0.05, 0.1) is 21.8 Å².